The Bertz CT molecular complexity index is 1260. The molecule has 0 aromatic heterocycles. The number of nitrogens with zero attached hydrogens (tertiary/aromatic N) is 1. The normalized spacial score (nSPS) is 11.5. The number of benzene rings is 3. The van der Waals surface area contributed by atoms with Crippen LogP contribution in [0.15, 0.2) is 66.7 Å². The summed E-state index contributed by atoms with van der Waals surface area (Å²) in [6.07, 6.45) is 15.9. The number of ether oxygens (including phenoxy) is 3. The maximum atomic E-state index is 12.8. The van der Waals surface area contributed by atoms with Crippen molar-refractivity contribution in [2.45, 2.75) is 110 Å². The van der Waals surface area contributed by atoms with Crippen LogP contribution in [0, 0.1) is 11.3 Å². The average molecular weight is 584 g/mol. The molecule has 1 unspecified atom stereocenters. The minimum atomic E-state index is -0.474. The van der Waals surface area contributed by atoms with E-state index in [2.05, 4.69) is 19.9 Å². The highest BCUT2D eigenvalue weighted by Crippen LogP contribution is 2.27. The minimum Gasteiger partial charge on any atom is -0.494 e. The van der Waals surface area contributed by atoms with Crippen LogP contribution >= 0.6 is 0 Å². The molecule has 3 rings (SSSR count). The first-order chi connectivity index (χ1) is 21.0. The molecule has 43 heavy (non-hydrogen) atoms. The van der Waals surface area contributed by atoms with Gasteiger partial charge in [-0.1, -0.05) is 102 Å². The van der Waals surface area contributed by atoms with Crippen LogP contribution in [0.3, 0.4) is 0 Å². The molecule has 0 fully saturated rings. The fourth-order valence-electron chi connectivity index (χ4n) is 5.03. The molecule has 0 amide bonds. The maximum Gasteiger partial charge on any atom is 0.343 e. The Labute approximate surface area is 259 Å². The number of esters is 1. The molecule has 0 saturated heterocycles. The summed E-state index contributed by atoms with van der Waals surface area (Å²) >= 11 is 0. The zero-order valence-electron chi connectivity index (χ0n) is 26.4. The van der Waals surface area contributed by atoms with Gasteiger partial charge in [0.15, 0.2) is 0 Å². The van der Waals surface area contributed by atoms with Crippen molar-refractivity contribution in [3.05, 3.63) is 77.9 Å². The van der Waals surface area contributed by atoms with E-state index in [-0.39, 0.29) is 6.10 Å². The second-order valence-corrected chi connectivity index (χ2v) is 11.4. The van der Waals surface area contributed by atoms with Crippen molar-refractivity contribution in [3.63, 3.8) is 0 Å². The van der Waals surface area contributed by atoms with E-state index in [0.717, 1.165) is 42.7 Å². The fourth-order valence-corrected chi connectivity index (χ4v) is 5.03. The molecule has 0 bridgehead atoms. The third-order valence-electron chi connectivity index (χ3n) is 7.65. The second-order valence-electron chi connectivity index (χ2n) is 11.4. The van der Waals surface area contributed by atoms with E-state index in [0.29, 0.717) is 22.6 Å². The zero-order valence-corrected chi connectivity index (χ0v) is 26.4. The lowest BCUT2D eigenvalue weighted by molar-refractivity contribution is 0.0734. The molecule has 5 heteroatoms. The number of hydrogen-bond acceptors (Lipinski definition) is 5. The lowest BCUT2D eigenvalue weighted by Crippen LogP contribution is -2.13. The first kappa shape index (κ1) is 33.7. The van der Waals surface area contributed by atoms with Crippen molar-refractivity contribution in [1.82, 2.24) is 0 Å². The summed E-state index contributed by atoms with van der Waals surface area (Å²) in [4.78, 5) is 12.8. The molecular weight excluding hydrogens is 534 g/mol. The van der Waals surface area contributed by atoms with Crippen molar-refractivity contribution in [3.8, 4) is 34.4 Å². The molecule has 3 aromatic carbocycles. The molecule has 0 aliphatic heterocycles. The van der Waals surface area contributed by atoms with Gasteiger partial charge in [0, 0.05) is 6.07 Å². The number of carbonyl (C=O) groups excluding carboxylic acids is 1. The van der Waals surface area contributed by atoms with E-state index in [1.807, 2.05) is 43.3 Å². The summed E-state index contributed by atoms with van der Waals surface area (Å²) in [5, 5.41) is 9.63. The number of rotatable bonds is 20. The fraction of sp³-hybridized carbons (Fsp3) is 0.474. The minimum absolute atomic E-state index is 0.0133. The summed E-state index contributed by atoms with van der Waals surface area (Å²) in [6.45, 7) is 7.21. The van der Waals surface area contributed by atoms with Gasteiger partial charge in [0.25, 0.3) is 0 Å². The van der Waals surface area contributed by atoms with E-state index in [4.69, 9.17) is 14.2 Å². The van der Waals surface area contributed by atoms with Crippen LogP contribution in [-0.2, 0) is 0 Å². The van der Waals surface area contributed by atoms with Crippen LogP contribution in [0.1, 0.15) is 120 Å². The standard InChI is InChI=1S/C38H49NO4/c1-4-6-8-10-11-12-13-15-27-41-35-23-21-32(22-24-35)31-17-19-33(20-18-31)38(40)43-36-25-26-37(34(28-36)29-39)42-30(3)16-14-9-7-5-2/h17-26,28,30H,4-16,27H2,1-3H3. The number of hydrogen-bond donors (Lipinski definition) is 0. The molecule has 0 aliphatic carbocycles. The van der Waals surface area contributed by atoms with E-state index < -0.39 is 5.97 Å². The molecule has 1 atom stereocenters. The van der Waals surface area contributed by atoms with Crippen LogP contribution in [0.5, 0.6) is 17.2 Å². The second kappa shape index (κ2) is 19.4. The lowest BCUT2D eigenvalue weighted by Gasteiger charge is -2.16. The molecule has 0 aliphatic rings. The van der Waals surface area contributed by atoms with Gasteiger partial charge >= 0.3 is 5.97 Å². The quantitative estimate of drug-likeness (QED) is 0.0752. The third-order valence-corrected chi connectivity index (χ3v) is 7.65. The van der Waals surface area contributed by atoms with Crippen LogP contribution in [0.25, 0.3) is 11.1 Å². The maximum absolute atomic E-state index is 12.8. The van der Waals surface area contributed by atoms with Crippen LogP contribution < -0.4 is 14.2 Å². The van der Waals surface area contributed by atoms with Gasteiger partial charge in [0.1, 0.15) is 23.3 Å². The Morgan fingerprint density at radius 2 is 1.28 bits per heavy atom. The summed E-state index contributed by atoms with van der Waals surface area (Å²) < 4.78 is 17.5. The third kappa shape index (κ3) is 12.2. The molecule has 0 spiro atoms. The Balaban J connectivity index is 1.46. The Kier molecular flexibility index (Phi) is 15.2. The molecule has 0 radical (unpaired) electrons. The monoisotopic (exact) mass is 583 g/mol. The number of nitriles is 1. The Morgan fingerprint density at radius 1 is 0.721 bits per heavy atom. The zero-order chi connectivity index (χ0) is 30.7. The van der Waals surface area contributed by atoms with Crippen LogP contribution in [0.2, 0.25) is 0 Å². The van der Waals surface area contributed by atoms with Crippen LogP contribution in [-0.4, -0.2) is 18.7 Å². The van der Waals surface area contributed by atoms with Gasteiger partial charge in [-0.25, -0.2) is 4.79 Å². The van der Waals surface area contributed by atoms with Gasteiger partial charge in [-0.15, -0.1) is 0 Å². The van der Waals surface area contributed by atoms with E-state index in [9.17, 15) is 10.1 Å². The first-order valence-electron chi connectivity index (χ1n) is 16.3. The van der Waals surface area contributed by atoms with Crippen molar-refractivity contribution < 1.29 is 19.0 Å². The van der Waals surface area contributed by atoms with Crippen molar-refractivity contribution in [1.29, 1.82) is 5.26 Å². The van der Waals surface area contributed by atoms with Gasteiger partial charge in [-0.2, -0.15) is 5.26 Å². The summed E-state index contributed by atoms with van der Waals surface area (Å²) in [5.41, 5.74) is 2.84. The number of unbranched alkanes of at least 4 members (excludes halogenated alkanes) is 10. The predicted molar refractivity (Wildman–Crippen MR) is 175 cm³/mol. The van der Waals surface area contributed by atoms with Crippen molar-refractivity contribution >= 4 is 5.97 Å². The summed E-state index contributed by atoms with van der Waals surface area (Å²) in [7, 11) is 0. The topological polar surface area (TPSA) is 68.6 Å². The largest absolute Gasteiger partial charge is 0.494 e. The molecule has 5 nitrogen and oxygen atoms in total. The van der Waals surface area contributed by atoms with Gasteiger partial charge in [-0.05, 0) is 73.7 Å². The lowest BCUT2D eigenvalue weighted by atomic mass is 10.0. The highest BCUT2D eigenvalue weighted by atomic mass is 16.5. The molecular formula is C38H49NO4. The summed E-state index contributed by atoms with van der Waals surface area (Å²) in [5.74, 6) is 1.23. The van der Waals surface area contributed by atoms with Gasteiger partial charge in [0.05, 0.1) is 23.8 Å². The summed E-state index contributed by atoms with van der Waals surface area (Å²) in [6, 6.07) is 22.5. The van der Waals surface area contributed by atoms with E-state index in [1.165, 1.54) is 64.2 Å². The molecule has 230 valence electrons. The highest BCUT2D eigenvalue weighted by molar-refractivity contribution is 5.91. The molecule has 0 heterocycles. The Morgan fingerprint density at radius 3 is 1.91 bits per heavy atom. The SMILES string of the molecule is CCCCCCCCCCOc1ccc(-c2ccc(C(=O)Oc3ccc(OC(C)CCCCCC)c(C#N)c3)cc2)cc1. The molecule has 0 N–H and O–H groups in total. The van der Waals surface area contributed by atoms with Gasteiger partial charge in [0.2, 0.25) is 0 Å². The van der Waals surface area contributed by atoms with Crippen molar-refractivity contribution in [2.75, 3.05) is 6.61 Å². The van der Waals surface area contributed by atoms with Crippen molar-refractivity contribution in [2.24, 2.45) is 0 Å². The molecule has 0 saturated carbocycles. The van der Waals surface area contributed by atoms with Crippen LogP contribution in [0.4, 0.5) is 0 Å². The Hall–Kier alpha value is -3.78. The number of carbonyl (C=O) groups is 1. The smallest absolute Gasteiger partial charge is 0.343 e. The van der Waals surface area contributed by atoms with Gasteiger partial charge in [-0.3, -0.25) is 0 Å². The highest BCUT2D eigenvalue weighted by Gasteiger charge is 2.14. The molecule has 3 aromatic rings. The van der Waals surface area contributed by atoms with E-state index >= 15 is 0 Å². The first-order valence-corrected chi connectivity index (χ1v) is 16.3. The average Bonchev–Trinajstić information content (AvgIpc) is 3.03. The van der Waals surface area contributed by atoms with E-state index in [1.54, 1.807) is 30.3 Å². The predicted octanol–water partition coefficient (Wildman–Crippen LogP) is 10.7. The van der Waals surface area contributed by atoms with Gasteiger partial charge < -0.3 is 14.2 Å².